The summed E-state index contributed by atoms with van der Waals surface area (Å²) >= 11 is 0. The lowest BCUT2D eigenvalue weighted by Gasteiger charge is -2.23. The summed E-state index contributed by atoms with van der Waals surface area (Å²) in [6.45, 7) is 0. The van der Waals surface area contributed by atoms with Gasteiger partial charge in [-0.15, -0.1) is 0 Å². The highest BCUT2D eigenvalue weighted by atomic mass is 19.1. The van der Waals surface area contributed by atoms with Gasteiger partial charge in [-0.25, -0.2) is 8.78 Å². The molecule has 0 heterocycles. The smallest absolute Gasteiger partial charge is 0.247 e. The lowest BCUT2D eigenvalue weighted by molar-refractivity contribution is -0.117. The summed E-state index contributed by atoms with van der Waals surface area (Å²) in [5.41, 5.74) is 1.25. The van der Waals surface area contributed by atoms with Crippen LogP contribution in [0.15, 0.2) is 84.6 Å². The second-order valence-corrected chi connectivity index (χ2v) is 7.33. The number of allylic oxidation sites excluding steroid dienone is 2. The molecule has 1 aliphatic carbocycles. The van der Waals surface area contributed by atoms with Gasteiger partial charge in [0.25, 0.3) is 0 Å². The molecule has 0 saturated heterocycles. The van der Waals surface area contributed by atoms with Crippen molar-refractivity contribution in [1.82, 2.24) is 5.32 Å². The van der Waals surface area contributed by atoms with Crippen molar-refractivity contribution in [2.75, 3.05) is 5.32 Å². The van der Waals surface area contributed by atoms with Crippen LogP contribution in [0.5, 0.6) is 0 Å². The monoisotopic (exact) mass is 432 g/mol. The van der Waals surface area contributed by atoms with Gasteiger partial charge in [-0.2, -0.15) is 0 Å². The molecule has 4 rings (SSSR count). The Morgan fingerprint density at radius 1 is 0.844 bits per heavy atom. The van der Waals surface area contributed by atoms with Gasteiger partial charge in [-0.3, -0.25) is 14.4 Å². The molecular formula is C25H18F2N2O3. The summed E-state index contributed by atoms with van der Waals surface area (Å²) in [6, 6.07) is 17.2. The molecule has 1 unspecified atom stereocenters. The molecule has 5 nitrogen and oxygen atoms in total. The molecule has 3 aromatic rings. The molecule has 0 aliphatic heterocycles. The Labute approximate surface area is 182 Å². The Morgan fingerprint density at radius 2 is 1.47 bits per heavy atom. The summed E-state index contributed by atoms with van der Waals surface area (Å²) in [4.78, 5) is 38.4. The van der Waals surface area contributed by atoms with Gasteiger partial charge >= 0.3 is 0 Å². The predicted molar refractivity (Wildman–Crippen MR) is 115 cm³/mol. The first kappa shape index (κ1) is 21.1. The molecule has 0 radical (unpaired) electrons. The van der Waals surface area contributed by atoms with Crippen molar-refractivity contribution in [2.24, 2.45) is 0 Å². The first-order chi connectivity index (χ1) is 15.4. The largest absolute Gasteiger partial charge is 0.370 e. The van der Waals surface area contributed by atoms with Crippen LogP contribution in [-0.2, 0) is 11.2 Å². The summed E-state index contributed by atoms with van der Waals surface area (Å²) in [5.74, 6) is -3.05. The summed E-state index contributed by atoms with van der Waals surface area (Å²) in [5, 5.41) is 5.34. The highest BCUT2D eigenvalue weighted by Gasteiger charge is 2.29. The molecule has 160 valence electrons. The van der Waals surface area contributed by atoms with Crippen LogP contribution < -0.4 is 10.6 Å². The summed E-state index contributed by atoms with van der Waals surface area (Å²) in [7, 11) is 0. The Hall–Kier alpha value is -4.13. The Kier molecular flexibility index (Phi) is 5.89. The van der Waals surface area contributed by atoms with Gasteiger partial charge in [0.15, 0.2) is 5.78 Å². The number of carbonyl (C=O) groups excluding carboxylic acids is 3. The lowest BCUT2D eigenvalue weighted by Crippen LogP contribution is -2.44. The van der Waals surface area contributed by atoms with Crippen molar-refractivity contribution < 1.29 is 23.2 Å². The maximum atomic E-state index is 13.5. The van der Waals surface area contributed by atoms with E-state index in [-0.39, 0.29) is 29.2 Å². The number of amides is 1. The van der Waals surface area contributed by atoms with Crippen molar-refractivity contribution in [3.63, 3.8) is 0 Å². The van der Waals surface area contributed by atoms with Crippen LogP contribution in [-0.4, -0.2) is 23.5 Å². The van der Waals surface area contributed by atoms with E-state index in [2.05, 4.69) is 10.6 Å². The van der Waals surface area contributed by atoms with E-state index in [4.69, 9.17) is 0 Å². The molecule has 1 amide bonds. The average Bonchev–Trinajstić information content (AvgIpc) is 2.77. The van der Waals surface area contributed by atoms with E-state index in [1.807, 2.05) is 6.07 Å². The standard InChI is InChI=1S/C25H18F2N2O3/c26-16-11-17(27)13-18(12-16)28-25(32)22(10-15-6-2-1-3-7-15)29-21-14-23(30)19-8-4-5-9-20(19)24(21)31/h1-9,11-14,22,29H,10H2,(H,28,32). The van der Waals surface area contributed by atoms with Crippen LogP contribution in [0.3, 0.4) is 0 Å². The van der Waals surface area contributed by atoms with Crippen LogP contribution in [0, 0.1) is 11.6 Å². The van der Waals surface area contributed by atoms with Gasteiger partial charge in [-0.05, 0) is 17.7 Å². The Balaban J connectivity index is 1.62. The number of benzene rings is 3. The van der Waals surface area contributed by atoms with Crippen molar-refractivity contribution in [2.45, 2.75) is 12.5 Å². The van der Waals surface area contributed by atoms with Crippen molar-refractivity contribution in [3.8, 4) is 0 Å². The molecule has 0 spiro atoms. The number of hydrogen-bond donors (Lipinski definition) is 2. The Bertz CT molecular complexity index is 1220. The third-order valence-electron chi connectivity index (χ3n) is 5.02. The van der Waals surface area contributed by atoms with Crippen molar-refractivity contribution >= 4 is 23.2 Å². The molecule has 0 aromatic heterocycles. The van der Waals surface area contributed by atoms with E-state index in [1.54, 1.807) is 48.5 Å². The molecule has 0 bridgehead atoms. The number of hydrogen-bond acceptors (Lipinski definition) is 4. The molecular weight excluding hydrogens is 414 g/mol. The van der Waals surface area contributed by atoms with Crippen molar-refractivity contribution in [1.29, 1.82) is 0 Å². The number of halogens is 2. The first-order valence-electron chi connectivity index (χ1n) is 9.88. The number of anilines is 1. The van der Waals surface area contributed by atoms with Crippen LogP contribution in [0.1, 0.15) is 26.3 Å². The highest BCUT2D eigenvalue weighted by molar-refractivity contribution is 6.24. The average molecular weight is 432 g/mol. The third kappa shape index (κ3) is 4.62. The van der Waals surface area contributed by atoms with E-state index in [1.165, 1.54) is 0 Å². The van der Waals surface area contributed by atoms with Crippen LogP contribution >= 0.6 is 0 Å². The fraction of sp³-hybridized carbons (Fsp3) is 0.0800. The van der Waals surface area contributed by atoms with E-state index in [0.29, 0.717) is 11.6 Å². The number of rotatable bonds is 6. The molecule has 0 saturated carbocycles. The SMILES string of the molecule is O=C1C=C(NC(Cc2ccccc2)C(=O)Nc2cc(F)cc(F)c2)C(=O)c2ccccc21. The number of ketones is 2. The maximum Gasteiger partial charge on any atom is 0.247 e. The second-order valence-electron chi connectivity index (χ2n) is 7.33. The molecule has 0 fully saturated rings. The normalized spacial score (nSPS) is 13.8. The van der Waals surface area contributed by atoms with Crippen LogP contribution in [0.2, 0.25) is 0 Å². The topological polar surface area (TPSA) is 75.3 Å². The number of fused-ring (bicyclic) bond motifs is 1. The van der Waals surface area contributed by atoms with Gasteiger partial charge in [0.05, 0.1) is 5.70 Å². The molecule has 1 aliphatic rings. The van der Waals surface area contributed by atoms with Gasteiger partial charge in [0.1, 0.15) is 17.7 Å². The molecule has 1 atom stereocenters. The van der Waals surface area contributed by atoms with Gasteiger partial charge < -0.3 is 10.6 Å². The van der Waals surface area contributed by atoms with Crippen molar-refractivity contribution in [3.05, 3.63) is 113 Å². The predicted octanol–water partition coefficient (Wildman–Crippen LogP) is 4.07. The van der Waals surface area contributed by atoms with E-state index < -0.39 is 29.4 Å². The summed E-state index contributed by atoms with van der Waals surface area (Å²) < 4.78 is 27.1. The van der Waals surface area contributed by atoms with E-state index in [0.717, 1.165) is 23.8 Å². The van der Waals surface area contributed by atoms with Gasteiger partial charge in [-0.1, -0.05) is 54.6 Å². The minimum absolute atomic E-state index is 0.0183. The zero-order chi connectivity index (χ0) is 22.7. The summed E-state index contributed by atoms with van der Waals surface area (Å²) in [6.07, 6.45) is 1.34. The fourth-order valence-electron chi connectivity index (χ4n) is 3.52. The maximum absolute atomic E-state index is 13.5. The lowest BCUT2D eigenvalue weighted by atomic mass is 9.92. The molecule has 32 heavy (non-hydrogen) atoms. The minimum atomic E-state index is -0.989. The van der Waals surface area contributed by atoms with Gasteiger partial charge in [0.2, 0.25) is 11.7 Å². The minimum Gasteiger partial charge on any atom is -0.370 e. The van der Waals surface area contributed by atoms with E-state index in [9.17, 15) is 23.2 Å². The molecule has 7 heteroatoms. The zero-order valence-electron chi connectivity index (χ0n) is 16.8. The highest BCUT2D eigenvalue weighted by Crippen LogP contribution is 2.21. The number of carbonyl (C=O) groups is 3. The van der Waals surface area contributed by atoms with Crippen LogP contribution in [0.4, 0.5) is 14.5 Å². The fourth-order valence-corrected chi connectivity index (χ4v) is 3.52. The molecule has 2 N–H and O–H groups in total. The molecule has 3 aromatic carbocycles. The van der Waals surface area contributed by atoms with Gasteiger partial charge in [0, 0.05) is 35.4 Å². The first-order valence-corrected chi connectivity index (χ1v) is 9.88. The number of Topliss-reactive ketones (excluding diaryl/α,β-unsaturated/α-hetero) is 1. The zero-order valence-corrected chi connectivity index (χ0v) is 16.8. The Morgan fingerprint density at radius 3 is 2.16 bits per heavy atom. The van der Waals surface area contributed by atoms with Crippen LogP contribution in [0.25, 0.3) is 0 Å². The van der Waals surface area contributed by atoms with E-state index >= 15 is 0 Å². The second kappa shape index (κ2) is 8.93. The third-order valence-corrected chi connectivity index (χ3v) is 5.02. The number of nitrogens with one attached hydrogen (secondary N) is 2. The quantitative estimate of drug-likeness (QED) is 0.616.